The first-order valence-corrected chi connectivity index (χ1v) is 6.10. The Kier molecular flexibility index (Phi) is 3.80. The van der Waals surface area contributed by atoms with Gasteiger partial charge in [0.05, 0.1) is 0 Å². The van der Waals surface area contributed by atoms with E-state index in [0.717, 1.165) is 32.7 Å². The van der Waals surface area contributed by atoms with Crippen LogP contribution in [-0.2, 0) is 6.54 Å². The quantitative estimate of drug-likeness (QED) is 0.831. The summed E-state index contributed by atoms with van der Waals surface area (Å²) in [5.41, 5.74) is 8.35. The van der Waals surface area contributed by atoms with Gasteiger partial charge in [-0.05, 0) is 18.2 Å². The van der Waals surface area contributed by atoms with Gasteiger partial charge in [0.15, 0.2) is 0 Å². The van der Waals surface area contributed by atoms with Crippen LogP contribution < -0.4 is 10.6 Å². The molecule has 2 rings (SSSR count). The van der Waals surface area contributed by atoms with Crippen LogP contribution in [0.15, 0.2) is 24.3 Å². The molecule has 0 saturated carbocycles. The van der Waals surface area contributed by atoms with Gasteiger partial charge in [0.1, 0.15) is 0 Å². The molecule has 3 nitrogen and oxygen atoms in total. The molecule has 1 aromatic rings. The molecular weight excluding hydrogens is 198 g/mol. The maximum Gasteiger partial charge on any atom is 0.0412 e. The fourth-order valence-electron chi connectivity index (χ4n) is 2.30. The van der Waals surface area contributed by atoms with E-state index >= 15 is 0 Å². The molecule has 0 aromatic heterocycles. The van der Waals surface area contributed by atoms with Gasteiger partial charge in [-0.1, -0.05) is 25.1 Å². The van der Waals surface area contributed by atoms with E-state index in [1.807, 2.05) is 0 Å². The average molecular weight is 219 g/mol. The van der Waals surface area contributed by atoms with E-state index in [1.54, 1.807) is 0 Å². The first-order valence-electron chi connectivity index (χ1n) is 6.10. The normalized spacial score (nSPS) is 17.8. The van der Waals surface area contributed by atoms with E-state index in [1.165, 1.54) is 11.3 Å². The molecular formula is C13H21N3. The van der Waals surface area contributed by atoms with Gasteiger partial charge in [-0.25, -0.2) is 0 Å². The van der Waals surface area contributed by atoms with Crippen LogP contribution in [0.4, 0.5) is 5.69 Å². The molecule has 0 amide bonds. The summed E-state index contributed by atoms with van der Waals surface area (Å²) < 4.78 is 0. The molecule has 16 heavy (non-hydrogen) atoms. The second-order valence-electron chi connectivity index (χ2n) is 4.25. The lowest BCUT2D eigenvalue weighted by molar-refractivity contribution is 0.271. The number of anilines is 1. The predicted octanol–water partition coefficient (Wildman–Crippen LogP) is 1.29. The zero-order valence-corrected chi connectivity index (χ0v) is 10.0. The lowest BCUT2D eigenvalue weighted by Gasteiger charge is -2.36. The van der Waals surface area contributed by atoms with Crippen LogP contribution in [0.5, 0.6) is 0 Å². The van der Waals surface area contributed by atoms with Crippen LogP contribution >= 0.6 is 0 Å². The number of piperazine rings is 1. The number of hydrogen-bond donors (Lipinski definition) is 1. The molecule has 2 N–H and O–H groups in total. The molecule has 0 spiro atoms. The van der Waals surface area contributed by atoms with Crippen LogP contribution in [0.3, 0.4) is 0 Å². The lowest BCUT2D eigenvalue weighted by atomic mass is 10.1. The van der Waals surface area contributed by atoms with Crippen molar-refractivity contribution in [1.82, 2.24) is 4.90 Å². The second-order valence-corrected chi connectivity index (χ2v) is 4.25. The fourth-order valence-corrected chi connectivity index (χ4v) is 2.30. The summed E-state index contributed by atoms with van der Waals surface area (Å²) in [6, 6.07) is 8.47. The van der Waals surface area contributed by atoms with Crippen molar-refractivity contribution in [2.45, 2.75) is 13.5 Å². The predicted molar refractivity (Wildman–Crippen MR) is 68.7 cm³/mol. The van der Waals surface area contributed by atoms with E-state index in [9.17, 15) is 0 Å². The molecule has 0 aliphatic carbocycles. The van der Waals surface area contributed by atoms with Crippen molar-refractivity contribution >= 4 is 5.69 Å². The van der Waals surface area contributed by atoms with E-state index in [4.69, 9.17) is 5.73 Å². The smallest absolute Gasteiger partial charge is 0.0412 e. The van der Waals surface area contributed by atoms with Gasteiger partial charge < -0.3 is 15.5 Å². The van der Waals surface area contributed by atoms with Gasteiger partial charge in [-0.2, -0.15) is 0 Å². The van der Waals surface area contributed by atoms with Crippen LogP contribution in [0.1, 0.15) is 12.5 Å². The van der Waals surface area contributed by atoms with Crippen molar-refractivity contribution < 1.29 is 0 Å². The molecule has 3 heteroatoms. The van der Waals surface area contributed by atoms with Crippen molar-refractivity contribution in [2.24, 2.45) is 5.73 Å². The Morgan fingerprint density at radius 3 is 2.44 bits per heavy atom. The highest BCUT2D eigenvalue weighted by molar-refractivity contribution is 5.53. The zero-order valence-electron chi connectivity index (χ0n) is 10.0. The minimum Gasteiger partial charge on any atom is -0.369 e. The average Bonchev–Trinajstić information content (AvgIpc) is 2.39. The molecule has 1 aliphatic rings. The summed E-state index contributed by atoms with van der Waals surface area (Å²) in [4.78, 5) is 4.94. The SMILES string of the molecule is CCN1CCN(c2ccccc2CN)CC1. The number of benzene rings is 1. The minimum atomic E-state index is 0.629. The third kappa shape index (κ3) is 2.36. The Labute approximate surface area is 97.8 Å². The van der Waals surface area contributed by atoms with Gasteiger partial charge in [0.25, 0.3) is 0 Å². The topological polar surface area (TPSA) is 32.5 Å². The van der Waals surface area contributed by atoms with Gasteiger partial charge in [-0.15, -0.1) is 0 Å². The fraction of sp³-hybridized carbons (Fsp3) is 0.538. The maximum absolute atomic E-state index is 5.77. The Balaban J connectivity index is 2.07. The van der Waals surface area contributed by atoms with Crippen molar-refractivity contribution in [3.05, 3.63) is 29.8 Å². The first-order chi connectivity index (χ1) is 7.85. The Morgan fingerprint density at radius 1 is 1.12 bits per heavy atom. The first kappa shape index (κ1) is 11.4. The summed E-state index contributed by atoms with van der Waals surface area (Å²) >= 11 is 0. The third-order valence-corrected chi connectivity index (χ3v) is 3.37. The highest BCUT2D eigenvalue weighted by atomic mass is 15.3. The Morgan fingerprint density at radius 2 is 1.81 bits per heavy atom. The van der Waals surface area contributed by atoms with E-state index in [-0.39, 0.29) is 0 Å². The van der Waals surface area contributed by atoms with Gasteiger partial charge in [-0.3, -0.25) is 0 Å². The van der Waals surface area contributed by atoms with Crippen molar-refractivity contribution in [3.8, 4) is 0 Å². The molecule has 1 saturated heterocycles. The number of likely N-dealkylation sites (N-methyl/N-ethyl adjacent to an activating group) is 1. The summed E-state index contributed by atoms with van der Waals surface area (Å²) in [6.07, 6.45) is 0. The standard InChI is InChI=1S/C13H21N3/c1-2-15-7-9-16(10-8-15)13-6-4-3-5-12(13)11-14/h3-6H,2,7-11,14H2,1H3. The Bertz CT molecular complexity index is 330. The number of rotatable bonds is 3. The van der Waals surface area contributed by atoms with E-state index in [2.05, 4.69) is 41.0 Å². The molecule has 0 atom stereocenters. The van der Waals surface area contributed by atoms with Crippen molar-refractivity contribution in [3.63, 3.8) is 0 Å². The number of nitrogens with two attached hydrogens (primary N) is 1. The molecule has 0 bridgehead atoms. The largest absolute Gasteiger partial charge is 0.369 e. The summed E-state index contributed by atoms with van der Waals surface area (Å²) in [7, 11) is 0. The molecule has 0 unspecified atom stereocenters. The number of nitrogens with zero attached hydrogens (tertiary/aromatic N) is 2. The zero-order chi connectivity index (χ0) is 11.4. The minimum absolute atomic E-state index is 0.629. The van der Waals surface area contributed by atoms with E-state index in [0.29, 0.717) is 6.54 Å². The molecule has 88 valence electrons. The molecule has 0 radical (unpaired) electrons. The number of para-hydroxylation sites is 1. The highest BCUT2D eigenvalue weighted by Crippen LogP contribution is 2.21. The van der Waals surface area contributed by atoms with Crippen molar-refractivity contribution in [1.29, 1.82) is 0 Å². The number of hydrogen-bond acceptors (Lipinski definition) is 3. The monoisotopic (exact) mass is 219 g/mol. The lowest BCUT2D eigenvalue weighted by Crippen LogP contribution is -2.46. The van der Waals surface area contributed by atoms with E-state index < -0.39 is 0 Å². The molecule has 1 aliphatic heterocycles. The molecule has 1 fully saturated rings. The maximum atomic E-state index is 5.77. The van der Waals surface area contributed by atoms with Crippen LogP contribution in [0.25, 0.3) is 0 Å². The van der Waals surface area contributed by atoms with Gasteiger partial charge in [0.2, 0.25) is 0 Å². The third-order valence-electron chi connectivity index (χ3n) is 3.37. The summed E-state index contributed by atoms with van der Waals surface area (Å²) in [5.74, 6) is 0. The molecule has 1 heterocycles. The van der Waals surface area contributed by atoms with Gasteiger partial charge >= 0.3 is 0 Å². The van der Waals surface area contributed by atoms with Crippen molar-refractivity contribution in [2.75, 3.05) is 37.6 Å². The molecule has 1 aromatic carbocycles. The van der Waals surface area contributed by atoms with Gasteiger partial charge in [0, 0.05) is 38.4 Å². The summed E-state index contributed by atoms with van der Waals surface area (Å²) in [5, 5.41) is 0. The van der Waals surface area contributed by atoms with Crippen LogP contribution in [0, 0.1) is 0 Å². The Hall–Kier alpha value is -1.06. The second kappa shape index (κ2) is 5.32. The highest BCUT2D eigenvalue weighted by Gasteiger charge is 2.17. The summed E-state index contributed by atoms with van der Waals surface area (Å²) in [6.45, 7) is 8.57. The van der Waals surface area contributed by atoms with Crippen LogP contribution in [0.2, 0.25) is 0 Å². The van der Waals surface area contributed by atoms with Crippen LogP contribution in [-0.4, -0.2) is 37.6 Å².